The summed E-state index contributed by atoms with van der Waals surface area (Å²) in [5.74, 6) is 0. The van der Waals surface area contributed by atoms with E-state index in [2.05, 4.69) is 78.0 Å². The first-order valence-electron chi connectivity index (χ1n) is 11.3. The van der Waals surface area contributed by atoms with Crippen molar-refractivity contribution in [1.29, 1.82) is 0 Å². The molecule has 0 unspecified atom stereocenters. The van der Waals surface area contributed by atoms with Gasteiger partial charge >= 0.3 is 0 Å². The smallest absolute Gasteiger partial charge is 0.170 e. The number of nitrogens with zero attached hydrogens (tertiary/aromatic N) is 3. The Morgan fingerprint density at radius 1 is 1.00 bits per heavy atom. The van der Waals surface area contributed by atoms with Gasteiger partial charge in [-0.25, -0.2) is 0 Å². The van der Waals surface area contributed by atoms with Gasteiger partial charge in [0.1, 0.15) is 0 Å². The third-order valence-corrected chi connectivity index (χ3v) is 7.26. The van der Waals surface area contributed by atoms with Crippen LogP contribution in [0.2, 0.25) is 0 Å². The lowest BCUT2D eigenvalue weighted by Gasteiger charge is -2.33. The van der Waals surface area contributed by atoms with Gasteiger partial charge in [0.25, 0.3) is 0 Å². The van der Waals surface area contributed by atoms with Gasteiger partial charge in [0.15, 0.2) is 5.11 Å². The molecule has 2 aromatic heterocycles. The van der Waals surface area contributed by atoms with E-state index in [0.717, 1.165) is 10.8 Å². The number of rotatable bonds is 4. The fraction of sp³-hybridized carbons (Fsp3) is 0.385. The van der Waals surface area contributed by atoms with Crippen LogP contribution in [-0.2, 0) is 0 Å². The van der Waals surface area contributed by atoms with Gasteiger partial charge in [0.2, 0.25) is 0 Å². The maximum Gasteiger partial charge on any atom is 0.170 e. The Bertz CT molecular complexity index is 1080. The van der Waals surface area contributed by atoms with Gasteiger partial charge in [-0.3, -0.25) is 4.98 Å². The van der Waals surface area contributed by atoms with E-state index in [1.54, 1.807) is 0 Å². The van der Waals surface area contributed by atoms with Gasteiger partial charge in [0, 0.05) is 29.3 Å². The minimum absolute atomic E-state index is 0.0567. The van der Waals surface area contributed by atoms with Crippen LogP contribution in [0.25, 0.3) is 5.69 Å². The second-order valence-corrected chi connectivity index (χ2v) is 9.36. The summed E-state index contributed by atoms with van der Waals surface area (Å²) in [7, 11) is 0. The third kappa shape index (κ3) is 3.55. The van der Waals surface area contributed by atoms with E-state index in [1.165, 1.54) is 53.9 Å². The summed E-state index contributed by atoms with van der Waals surface area (Å²) in [4.78, 5) is 7.19. The highest BCUT2D eigenvalue weighted by Crippen LogP contribution is 2.44. The van der Waals surface area contributed by atoms with Gasteiger partial charge in [-0.15, -0.1) is 0 Å². The summed E-state index contributed by atoms with van der Waals surface area (Å²) >= 11 is 5.90. The van der Waals surface area contributed by atoms with Gasteiger partial charge in [-0.2, -0.15) is 0 Å². The predicted octanol–water partition coefficient (Wildman–Crippen LogP) is 5.71. The SMILES string of the molecule is Cc1ccc(-n2c(C)cc([C@H]3[C@H](c4ccccn4)NC(=S)N3C3CCCC3)c2C)cc1. The average molecular weight is 431 g/mol. The van der Waals surface area contributed by atoms with Crippen molar-refractivity contribution in [2.24, 2.45) is 0 Å². The zero-order valence-corrected chi connectivity index (χ0v) is 19.3. The Balaban J connectivity index is 1.63. The molecule has 0 amide bonds. The fourth-order valence-corrected chi connectivity index (χ4v) is 5.84. The van der Waals surface area contributed by atoms with E-state index in [1.807, 2.05) is 12.3 Å². The Kier molecular flexibility index (Phi) is 5.30. The second-order valence-electron chi connectivity index (χ2n) is 8.97. The van der Waals surface area contributed by atoms with E-state index in [9.17, 15) is 0 Å². The Labute approximate surface area is 190 Å². The molecule has 0 spiro atoms. The lowest BCUT2D eigenvalue weighted by molar-refractivity contribution is 0.245. The van der Waals surface area contributed by atoms with Gasteiger partial charge < -0.3 is 14.8 Å². The van der Waals surface area contributed by atoms with Crippen molar-refractivity contribution in [1.82, 2.24) is 19.8 Å². The van der Waals surface area contributed by atoms with Crippen LogP contribution in [0.5, 0.6) is 0 Å². The number of pyridine rings is 1. The average Bonchev–Trinajstić information content (AvgIpc) is 3.48. The standard InChI is InChI=1S/C26H30N4S/c1-17-11-13-21(14-12-17)29-18(2)16-22(19(29)3)25-24(23-10-6-7-15-27-23)28-26(31)30(25)20-8-4-5-9-20/h6-7,10-16,20,24-25H,4-5,8-9H2,1-3H3,(H,28,31)/t24-,25-/m0/s1. The molecule has 31 heavy (non-hydrogen) atoms. The highest BCUT2D eigenvalue weighted by molar-refractivity contribution is 7.80. The number of thiocarbonyl (C=S) groups is 1. The van der Waals surface area contributed by atoms with Gasteiger partial charge in [0.05, 0.1) is 17.8 Å². The van der Waals surface area contributed by atoms with Crippen molar-refractivity contribution in [3.05, 3.63) is 82.9 Å². The predicted molar refractivity (Wildman–Crippen MR) is 130 cm³/mol. The van der Waals surface area contributed by atoms with E-state index < -0.39 is 0 Å². The van der Waals surface area contributed by atoms with Crippen LogP contribution in [0, 0.1) is 20.8 Å². The number of aromatic nitrogens is 2. The molecular weight excluding hydrogens is 400 g/mol. The molecule has 3 heterocycles. The molecule has 5 heteroatoms. The molecule has 1 N–H and O–H groups in total. The molecule has 2 atom stereocenters. The first-order chi connectivity index (χ1) is 15.0. The van der Waals surface area contributed by atoms with Crippen LogP contribution < -0.4 is 5.32 Å². The molecule has 0 bridgehead atoms. The van der Waals surface area contributed by atoms with Crippen LogP contribution in [0.3, 0.4) is 0 Å². The highest BCUT2D eigenvalue weighted by atomic mass is 32.1. The van der Waals surface area contributed by atoms with E-state index in [4.69, 9.17) is 17.2 Å². The molecular formula is C26H30N4S. The lowest BCUT2D eigenvalue weighted by Crippen LogP contribution is -2.37. The first-order valence-corrected chi connectivity index (χ1v) is 11.7. The van der Waals surface area contributed by atoms with E-state index >= 15 is 0 Å². The monoisotopic (exact) mass is 430 g/mol. The van der Waals surface area contributed by atoms with Gasteiger partial charge in [-0.05, 0) is 81.7 Å². The Morgan fingerprint density at radius 3 is 2.42 bits per heavy atom. The van der Waals surface area contributed by atoms with Crippen molar-refractivity contribution in [2.45, 2.75) is 64.6 Å². The number of benzene rings is 1. The van der Waals surface area contributed by atoms with E-state index in [0.29, 0.717) is 6.04 Å². The van der Waals surface area contributed by atoms with E-state index in [-0.39, 0.29) is 12.1 Å². The van der Waals surface area contributed by atoms with Gasteiger partial charge in [-0.1, -0.05) is 36.6 Å². The molecule has 1 aliphatic carbocycles. The summed E-state index contributed by atoms with van der Waals surface area (Å²) in [6.45, 7) is 6.57. The summed E-state index contributed by atoms with van der Waals surface area (Å²) in [5, 5.41) is 4.50. The zero-order valence-electron chi connectivity index (χ0n) is 18.5. The number of aryl methyl sites for hydroxylation is 2. The summed E-state index contributed by atoms with van der Waals surface area (Å²) < 4.78 is 2.37. The number of hydrogen-bond acceptors (Lipinski definition) is 2. The lowest BCUT2D eigenvalue weighted by atomic mass is 9.95. The molecule has 1 saturated heterocycles. The quantitative estimate of drug-likeness (QED) is 0.537. The molecule has 5 rings (SSSR count). The minimum atomic E-state index is 0.0567. The maximum atomic E-state index is 5.90. The topological polar surface area (TPSA) is 33.1 Å². The zero-order chi connectivity index (χ0) is 21.5. The Morgan fingerprint density at radius 2 is 1.74 bits per heavy atom. The molecule has 160 valence electrons. The summed E-state index contributed by atoms with van der Waals surface area (Å²) in [6, 6.07) is 18.0. The molecule has 0 radical (unpaired) electrons. The number of hydrogen-bond donors (Lipinski definition) is 1. The van der Waals surface area contributed by atoms with Crippen molar-refractivity contribution in [3.63, 3.8) is 0 Å². The van der Waals surface area contributed by atoms with Crippen LogP contribution in [-0.4, -0.2) is 25.6 Å². The molecule has 4 nitrogen and oxygen atoms in total. The molecule has 1 saturated carbocycles. The second kappa shape index (κ2) is 8.12. The maximum absolute atomic E-state index is 5.90. The van der Waals surface area contributed by atoms with Crippen molar-refractivity contribution < 1.29 is 0 Å². The molecule has 2 fully saturated rings. The van der Waals surface area contributed by atoms with Crippen LogP contribution in [0.1, 0.15) is 66.0 Å². The van der Waals surface area contributed by atoms with Crippen molar-refractivity contribution >= 4 is 17.3 Å². The molecule has 2 aliphatic rings. The molecule has 1 aliphatic heterocycles. The minimum Gasteiger partial charge on any atom is -0.352 e. The van der Waals surface area contributed by atoms with Crippen molar-refractivity contribution in [2.75, 3.05) is 0 Å². The van der Waals surface area contributed by atoms with Crippen molar-refractivity contribution in [3.8, 4) is 5.69 Å². The summed E-state index contributed by atoms with van der Waals surface area (Å²) in [6.07, 6.45) is 6.87. The molecule has 1 aromatic carbocycles. The Hall–Kier alpha value is -2.66. The fourth-order valence-electron chi connectivity index (χ4n) is 5.45. The molecule has 3 aromatic rings. The summed E-state index contributed by atoms with van der Waals surface area (Å²) in [5.41, 5.74) is 7.41. The third-order valence-electron chi connectivity index (χ3n) is 6.93. The normalized spacial score (nSPS) is 21.6. The van der Waals surface area contributed by atoms with Crippen LogP contribution in [0.4, 0.5) is 0 Å². The van der Waals surface area contributed by atoms with Crippen LogP contribution in [0.15, 0.2) is 54.7 Å². The first kappa shape index (κ1) is 20.3. The number of nitrogens with one attached hydrogen (secondary N) is 1. The highest BCUT2D eigenvalue weighted by Gasteiger charge is 2.44. The van der Waals surface area contributed by atoms with Crippen LogP contribution >= 0.6 is 12.2 Å². The largest absolute Gasteiger partial charge is 0.352 e.